The minimum Gasteiger partial charge on any atom is -0.285 e. The van der Waals surface area contributed by atoms with E-state index in [1.54, 1.807) is 0 Å². The molecule has 0 unspecified atom stereocenters. The van der Waals surface area contributed by atoms with E-state index in [0.717, 1.165) is 18.9 Å². The van der Waals surface area contributed by atoms with Gasteiger partial charge in [-0.3, -0.25) is 9.98 Å². The molecule has 2 aliphatic rings. The zero-order valence-electron chi connectivity index (χ0n) is 10.6. The van der Waals surface area contributed by atoms with E-state index in [1.807, 2.05) is 6.20 Å². The van der Waals surface area contributed by atoms with E-state index in [1.165, 1.54) is 54.6 Å². The fourth-order valence-corrected chi connectivity index (χ4v) is 2.73. The van der Waals surface area contributed by atoms with Crippen molar-refractivity contribution in [2.45, 2.75) is 52.0 Å². The molecule has 0 atom stereocenters. The molecule has 0 bridgehead atoms. The summed E-state index contributed by atoms with van der Waals surface area (Å²) in [5, 5.41) is 0. The molecule has 0 aromatic carbocycles. The van der Waals surface area contributed by atoms with Gasteiger partial charge in [0, 0.05) is 23.2 Å². The number of rotatable bonds is 5. The molecule has 1 fully saturated rings. The van der Waals surface area contributed by atoms with E-state index in [9.17, 15) is 0 Å². The van der Waals surface area contributed by atoms with Gasteiger partial charge >= 0.3 is 0 Å². The third-order valence-corrected chi connectivity index (χ3v) is 3.94. The molecule has 2 heteroatoms. The number of hydrogen-bond acceptors (Lipinski definition) is 2. The molecule has 0 spiro atoms. The lowest BCUT2D eigenvalue weighted by Gasteiger charge is -2.07. The SMILES string of the molecule is CC1=NCc2ccnc(CCCCC3CC3)c21. The van der Waals surface area contributed by atoms with Crippen molar-refractivity contribution < 1.29 is 0 Å². The van der Waals surface area contributed by atoms with Gasteiger partial charge in [0.25, 0.3) is 0 Å². The molecular weight excluding hydrogens is 208 g/mol. The molecule has 1 aliphatic heterocycles. The standard InChI is InChI=1S/C15H20N2/c1-11-15-13(10-17-11)8-9-16-14(15)5-3-2-4-12-6-7-12/h8-9,12H,2-7,10H2,1H3. The Morgan fingerprint density at radius 3 is 3.00 bits per heavy atom. The molecule has 1 saturated carbocycles. The smallest absolute Gasteiger partial charge is 0.0650 e. The van der Waals surface area contributed by atoms with E-state index in [-0.39, 0.29) is 0 Å². The lowest BCUT2D eigenvalue weighted by Crippen LogP contribution is -2.03. The Labute approximate surface area is 103 Å². The number of aryl methyl sites for hydroxylation is 1. The molecular formula is C15H20N2. The topological polar surface area (TPSA) is 25.2 Å². The van der Waals surface area contributed by atoms with E-state index < -0.39 is 0 Å². The van der Waals surface area contributed by atoms with Gasteiger partial charge in [0.15, 0.2) is 0 Å². The second-order valence-electron chi connectivity index (χ2n) is 5.38. The highest BCUT2D eigenvalue weighted by Crippen LogP contribution is 2.34. The van der Waals surface area contributed by atoms with E-state index in [0.29, 0.717) is 0 Å². The molecule has 90 valence electrons. The summed E-state index contributed by atoms with van der Waals surface area (Å²) in [5.41, 5.74) is 5.18. The van der Waals surface area contributed by atoms with Crippen LogP contribution in [0.25, 0.3) is 0 Å². The van der Waals surface area contributed by atoms with Crippen molar-refractivity contribution in [1.82, 2.24) is 4.98 Å². The van der Waals surface area contributed by atoms with Gasteiger partial charge in [-0.2, -0.15) is 0 Å². The molecule has 0 radical (unpaired) electrons. The monoisotopic (exact) mass is 228 g/mol. The second kappa shape index (κ2) is 4.59. The summed E-state index contributed by atoms with van der Waals surface area (Å²) in [6, 6.07) is 2.11. The van der Waals surface area contributed by atoms with Crippen LogP contribution >= 0.6 is 0 Å². The number of hydrogen-bond donors (Lipinski definition) is 0. The van der Waals surface area contributed by atoms with Crippen molar-refractivity contribution in [1.29, 1.82) is 0 Å². The maximum Gasteiger partial charge on any atom is 0.0650 e. The third kappa shape index (κ3) is 2.41. The van der Waals surface area contributed by atoms with Crippen LogP contribution in [-0.4, -0.2) is 10.7 Å². The molecule has 1 aliphatic carbocycles. The fourth-order valence-electron chi connectivity index (χ4n) is 2.73. The molecule has 2 heterocycles. The molecule has 17 heavy (non-hydrogen) atoms. The molecule has 0 saturated heterocycles. The molecule has 3 rings (SSSR count). The van der Waals surface area contributed by atoms with Crippen molar-refractivity contribution in [3.63, 3.8) is 0 Å². The predicted molar refractivity (Wildman–Crippen MR) is 70.4 cm³/mol. The normalized spacial score (nSPS) is 18.1. The van der Waals surface area contributed by atoms with Gasteiger partial charge in [-0.15, -0.1) is 0 Å². The van der Waals surface area contributed by atoms with Crippen LogP contribution in [0.3, 0.4) is 0 Å². The Morgan fingerprint density at radius 2 is 2.18 bits per heavy atom. The minimum absolute atomic E-state index is 0.860. The van der Waals surface area contributed by atoms with E-state index >= 15 is 0 Å². The highest BCUT2D eigenvalue weighted by molar-refractivity contribution is 6.02. The van der Waals surface area contributed by atoms with E-state index in [4.69, 9.17) is 0 Å². The number of fused-ring (bicyclic) bond motifs is 1. The Balaban J connectivity index is 1.62. The number of pyridine rings is 1. The lowest BCUT2D eigenvalue weighted by molar-refractivity contribution is 0.624. The molecule has 1 aromatic rings. The van der Waals surface area contributed by atoms with Crippen LogP contribution < -0.4 is 0 Å². The van der Waals surface area contributed by atoms with Crippen LogP contribution in [0.5, 0.6) is 0 Å². The zero-order valence-corrected chi connectivity index (χ0v) is 10.6. The first-order chi connectivity index (χ1) is 8.34. The van der Waals surface area contributed by atoms with Crippen molar-refractivity contribution >= 4 is 5.71 Å². The van der Waals surface area contributed by atoms with Crippen LogP contribution in [-0.2, 0) is 13.0 Å². The summed E-state index contributed by atoms with van der Waals surface area (Å²) in [6.45, 7) is 2.97. The van der Waals surface area contributed by atoms with Gasteiger partial charge in [0.05, 0.1) is 6.54 Å². The molecule has 0 N–H and O–H groups in total. The van der Waals surface area contributed by atoms with Crippen molar-refractivity contribution in [3.05, 3.63) is 29.1 Å². The van der Waals surface area contributed by atoms with Crippen molar-refractivity contribution in [3.8, 4) is 0 Å². The van der Waals surface area contributed by atoms with Crippen LogP contribution in [0.2, 0.25) is 0 Å². The second-order valence-corrected chi connectivity index (χ2v) is 5.38. The van der Waals surface area contributed by atoms with Crippen molar-refractivity contribution in [2.24, 2.45) is 10.9 Å². The number of aliphatic imine (C=N–C) groups is 1. The van der Waals surface area contributed by atoms with Gasteiger partial charge in [0.1, 0.15) is 0 Å². The van der Waals surface area contributed by atoms with Gasteiger partial charge in [-0.05, 0) is 37.3 Å². The highest BCUT2D eigenvalue weighted by Gasteiger charge is 2.20. The van der Waals surface area contributed by atoms with E-state index in [2.05, 4.69) is 23.0 Å². The summed E-state index contributed by atoms with van der Waals surface area (Å²) in [4.78, 5) is 9.06. The first kappa shape index (κ1) is 10.9. The highest BCUT2D eigenvalue weighted by atomic mass is 14.8. The molecule has 0 amide bonds. The van der Waals surface area contributed by atoms with Gasteiger partial charge in [-0.25, -0.2) is 0 Å². The Morgan fingerprint density at radius 1 is 1.29 bits per heavy atom. The maximum absolute atomic E-state index is 4.55. The Bertz CT molecular complexity index is 444. The predicted octanol–water partition coefficient (Wildman–Crippen LogP) is 3.53. The maximum atomic E-state index is 4.55. The summed E-state index contributed by atoms with van der Waals surface area (Å²) in [6.07, 6.45) is 10.1. The van der Waals surface area contributed by atoms with Crippen LogP contribution in [0.1, 0.15) is 55.8 Å². The number of aromatic nitrogens is 1. The summed E-state index contributed by atoms with van der Waals surface area (Å²) in [7, 11) is 0. The molecule has 1 aromatic heterocycles. The third-order valence-electron chi connectivity index (χ3n) is 3.94. The average molecular weight is 228 g/mol. The first-order valence-electron chi connectivity index (χ1n) is 6.83. The molecule has 2 nitrogen and oxygen atoms in total. The fraction of sp³-hybridized carbons (Fsp3) is 0.600. The summed E-state index contributed by atoms with van der Waals surface area (Å²) < 4.78 is 0. The zero-order chi connectivity index (χ0) is 11.7. The van der Waals surface area contributed by atoms with Gasteiger partial charge in [-0.1, -0.05) is 25.7 Å². The summed E-state index contributed by atoms with van der Waals surface area (Å²) in [5.74, 6) is 1.06. The number of nitrogens with zero attached hydrogens (tertiary/aromatic N) is 2. The minimum atomic E-state index is 0.860. The van der Waals surface area contributed by atoms with Crippen LogP contribution in [0, 0.1) is 5.92 Å². The average Bonchev–Trinajstić information content (AvgIpc) is 3.09. The van der Waals surface area contributed by atoms with Crippen molar-refractivity contribution in [2.75, 3.05) is 0 Å². The van der Waals surface area contributed by atoms with Gasteiger partial charge in [0.2, 0.25) is 0 Å². The lowest BCUT2D eigenvalue weighted by atomic mass is 10.0. The number of unbranched alkanes of at least 4 members (excludes halogenated alkanes) is 1. The first-order valence-corrected chi connectivity index (χ1v) is 6.83. The summed E-state index contributed by atoms with van der Waals surface area (Å²) >= 11 is 0. The quantitative estimate of drug-likeness (QED) is 0.708. The Hall–Kier alpha value is -1.18. The Kier molecular flexibility index (Phi) is 2.96. The van der Waals surface area contributed by atoms with Crippen LogP contribution in [0.15, 0.2) is 17.3 Å². The van der Waals surface area contributed by atoms with Crippen LogP contribution in [0.4, 0.5) is 0 Å². The van der Waals surface area contributed by atoms with Gasteiger partial charge < -0.3 is 0 Å². The largest absolute Gasteiger partial charge is 0.285 e.